The van der Waals surface area contributed by atoms with Gasteiger partial charge in [-0.15, -0.1) is 24.0 Å². The van der Waals surface area contributed by atoms with Crippen molar-refractivity contribution in [3.8, 4) is 0 Å². The first-order valence-electron chi connectivity index (χ1n) is 2.16. The van der Waals surface area contributed by atoms with Gasteiger partial charge in [0, 0.05) is 13.0 Å². The van der Waals surface area contributed by atoms with E-state index in [1.54, 1.807) is 0 Å². The zero-order chi connectivity index (χ0) is 4.41. The van der Waals surface area contributed by atoms with E-state index in [2.05, 4.69) is 5.32 Å². The molecule has 3 heteroatoms. The standard InChI is InChI=1S/C4H7NO.HI/c6-4-2-1-3-5-4;/h1-3H2,(H,5,6);1H. The minimum atomic E-state index is 0. The van der Waals surface area contributed by atoms with Crippen LogP contribution in [0.1, 0.15) is 12.8 Å². The normalized spacial score (nSPS) is 18.0. The lowest BCUT2D eigenvalue weighted by molar-refractivity contribution is -0.119. The lowest BCUT2D eigenvalue weighted by Gasteiger charge is -1.80. The molecular weight excluding hydrogens is 205 g/mol. The first-order valence-corrected chi connectivity index (χ1v) is 2.16. The third-order valence-electron chi connectivity index (χ3n) is 0.903. The van der Waals surface area contributed by atoms with Gasteiger partial charge in [0.15, 0.2) is 0 Å². The molecule has 1 amide bonds. The summed E-state index contributed by atoms with van der Waals surface area (Å²) in [7, 11) is 0. The fraction of sp³-hybridized carbons (Fsp3) is 0.750. The SMILES string of the molecule is I.O=C1CCCN1. The summed E-state index contributed by atoms with van der Waals surface area (Å²) in [5.74, 6) is 0.204. The molecule has 1 saturated heterocycles. The van der Waals surface area contributed by atoms with Crippen LogP contribution in [-0.4, -0.2) is 12.5 Å². The molecule has 0 unspecified atom stereocenters. The minimum Gasteiger partial charge on any atom is -0.356 e. The highest BCUT2D eigenvalue weighted by molar-refractivity contribution is 14.0. The Kier molecular flexibility index (Phi) is 3.33. The Balaban J connectivity index is 0.000000360. The van der Waals surface area contributed by atoms with Crippen molar-refractivity contribution in [2.45, 2.75) is 12.8 Å². The Hall–Kier alpha value is 0.200. The largest absolute Gasteiger partial charge is 0.356 e. The highest BCUT2D eigenvalue weighted by Crippen LogP contribution is 1.93. The molecule has 0 bridgehead atoms. The molecule has 0 aromatic heterocycles. The Morgan fingerprint density at radius 2 is 2.29 bits per heavy atom. The second-order valence-corrected chi connectivity index (χ2v) is 1.45. The van der Waals surface area contributed by atoms with Gasteiger partial charge in [0.1, 0.15) is 0 Å². The van der Waals surface area contributed by atoms with E-state index in [4.69, 9.17) is 0 Å². The van der Waals surface area contributed by atoms with Crippen molar-refractivity contribution in [3.63, 3.8) is 0 Å². The van der Waals surface area contributed by atoms with E-state index in [0.29, 0.717) is 0 Å². The number of amides is 1. The highest BCUT2D eigenvalue weighted by atomic mass is 127. The average molecular weight is 213 g/mol. The summed E-state index contributed by atoms with van der Waals surface area (Å²) in [4.78, 5) is 10.1. The van der Waals surface area contributed by atoms with E-state index in [1.807, 2.05) is 0 Å². The quantitative estimate of drug-likeness (QED) is 0.583. The van der Waals surface area contributed by atoms with Gasteiger partial charge in [-0.3, -0.25) is 4.79 Å². The number of carbonyl (C=O) groups excluding carboxylic acids is 1. The molecule has 1 fully saturated rings. The zero-order valence-corrected chi connectivity index (χ0v) is 6.27. The lowest BCUT2D eigenvalue weighted by atomic mass is 10.4. The predicted molar refractivity (Wildman–Crippen MR) is 37.7 cm³/mol. The van der Waals surface area contributed by atoms with Gasteiger partial charge in [0.25, 0.3) is 0 Å². The van der Waals surface area contributed by atoms with Crippen molar-refractivity contribution < 1.29 is 4.79 Å². The van der Waals surface area contributed by atoms with Gasteiger partial charge in [0.05, 0.1) is 0 Å². The average Bonchev–Trinajstić information content (AvgIpc) is 1.86. The van der Waals surface area contributed by atoms with E-state index >= 15 is 0 Å². The molecule has 0 aromatic rings. The molecule has 0 atom stereocenters. The van der Waals surface area contributed by atoms with Crippen LogP contribution in [0.5, 0.6) is 0 Å². The fourth-order valence-electron chi connectivity index (χ4n) is 0.565. The van der Waals surface area contributed by atoms with Crippen molar-refractivity contribution in [2.24, 2.45) is 0 Å². The van der Waals surface area contributed by atoms with Crippen molar-refractivity contribution in [1.29, 1.82) is 0 Å². The monoisotopic (exact) mass is 213 g/mol. The lowest BCUT2D eigenvalue weighted by Crippen LogP contribution is -2.12. The van der Waals surface area contributed by atoms with Crippen LogP contribution in [0.15, 0.2) is 0 Å². The third kappa shape index (κ3) is 2.11. The predicted octanol–water partition coefficient (Wildman–Crippen LogP) is 0.514. The van der Waals surface area contributed by atoms with Gasteiger partial charge >= 0.3 is 0 Å². The van der Waals surface area contributed by atoms with Crippen LogP contribution in [0.2, 0.25) is 0 Å². The Labute approximate surface area is 59.7 Å². The molecule has 0 aromatic carbocycles. The van der Waals surface area contributed by atoms with E-state index in [-0.39, 0.29) is 29.9 Å². The first-order chi connectivity index (χ1) is 2.89. The Morgan fingerprint density at radius 3 is 2.43 bits per heavy atom. The van der Waals surface area contributed by atoms with Crippen molar-refractivity contribution >= 4 is 29.9 Å². The van der Waals surface area contributed by atoms with Gasteiger partial charge in [-0.2, -0.15) is 0 Å². The van der Waals surface area contributed by atoms with Crippen LogP contribution in [0, 0.1) is 0 Å². The molecule has 1 heterocycles. The summed E-state index contributed by atoms with van der Waals surface area (Å²) in [5, 5.41) is 2.68. The molecular formula is C4H8INO. The van der Waals surface area contributed by atoms with E-state index < -0.39 is 0 Å². The molecule has 0 spiro atoms. The van der Waals surface area contributed by atoms with E-state index in [0.717, 1.165) is 19.4 Å². The number of hydrogen-bond donors (Lipinski definition) is 1. The van der Waals surface area contributed by atoms with Gasteiger partial charge in [-0.25, -0.2) is 0 Å². The van der Waals surface area contributed by atoms with Crippen LogP contribution in [0.3, 0.4) is 0 Å². The third-order valence-corrected chi connectivity index (χ3v) is 0.903. The van der Waals surface area contributed by atoms with E-state index in [9.17, 15) is 4.79 Å². The van der Waals surface area contributed by atoms with Crippen molar-refractivity contribution in [3.05, 3.63) is 0 Å². The highest BCUT2D eigenvalue weighted by Gasteiger charge is 2.05. The second-order valence-electron chi connectivity index (χ2n) is 1.45. The zero-order valence-electron chi connectivity index (χ0n) is 3.94. The molecule has 1 N–H and O–H groups in total. The second kappa shape index (κ2) is 3.23. The van der Waals surface area contributed by atoms with Crippen LogP contribution in [0.4, 0.5) is 0 Å². The maximum Gasteiger partial charge on any atom is 0.220 e. The van der Waals surface area contributed by atoms with Gasteiger partial charge < -0.3 is 5.32 Å². The first kappa shape index (κ1) is 7.20. The van der Waals surface area contributed by atoms with Crippen molar-refractivity contribution in [2.75, 3.05) is 6.54 Å². The molecule has 1 aliphatic rings. The molecule has 7 heavy (non-hydrogen) atoms. The van der Waals surface area contributed by atoms with Gasteiger partial charge in [0.2, 0.25) is 5.91 Å². The molecule has 2 nitrogen and oxygen atoms in total. The molecule has 1 aliphatic heterocycles. The number of hydrogen-bond acceptors (Lipinski definition) is 1. The summed E-state index contributed by atoms with van der Waals surface area (Å²) in [6.45, 7) is 0.888. The summed E-state index contributed by atoms with van der Waals surface area (Å²) < 4.78 is 0. The van der Waals surface area contributed by atoms with Crippen LogP contribution in [0.25, 0.3) is 0 Å². The number of rotatable bonds is 0. The molecule has 0 aliphatic carbocycles. The number of halogens is 1. The van der Waals surface area contributed by atoms with Crippen LogP contribution >= 0.6 is 24.0 Å². The summed E-state index contributed by atoms with van der Waals surface area (Å²) in [5.41, 5.74) is 0. The smallest absolute Gasteiger partial charge is 0.220 e. The maximum atomic E-state index is 10.1. The maximum absolute atomic E-state index is 10.1. The Bertz CT molecular complexity index is 66.1. The summed E-state index contributed by atoms with van der Waals surface area (Å²) in [6.07, 6.45) is 1.76. The van der Waals surface area contributed by atoms with Gasteiger partial charge in [-0.1, -0.05) is 0 Å². The fourth-order valence-corrected chi connectivity index (χ4v) is 0.565. The molecule has 0 radical (unpaired) electrons. The van der Waals surface area contributed by atoms with E-state index in [1.165, 1.54) is 0 Å². The summed E-state index contributed by atoms with van der Waals surface area (Å²) >= 11 is 0. The van der Waals surface area contributed by atoms with Gasteiger partial charge in [-0.05, 0) is 6.42 Å². The van der Waals surface area contributed by atoms with Crippen LogP contribution < -0.4 is 5.32 Å². The van der Waals surface area contributed by atoms with Crippen LogP contribution in [-0.2, 0) is 4.79 Å². The molecule has 1 rings (SSSR count). The Morgan fingerprint density at radius 1 is 1.57 bits per heavy atom. The van der Waals surface area contributed by atoms with Crippen molar-refractivity contribution in [1.82, 2.24) is 5.32 Å². The number of carbonyl (C=O) groups is 1. The topological polar surface area (TPSA) is 29.1 Å². The molecule has 42 valence electrons. The molecule has 0 saturated carbocycles. The number of nitrogens with one attached hydrogen (secondary N) is 1. The summed E-state index contributed by atoms with van der Waals surface area (Å²) in [6, 6.07) is 0. The minimum absolute atomic E-state index is 0.